The second kappa shape index (κ2) is 7.30. The topological polar surface area (TPSA) is 82.5 Å². The smallest absolute Gasteiger partial charge is 0.274 e. The number of amides is 1. The Balaban J connectivity index is 1.35. The van der Waals surface area contributed by atoms with Crippen molar-refractivity contribution in [2.24, 2.45) is 0 Å². The van der Waals surface area contributed by atoms with Crippen LogP contribution in [0.3, 0.4) is 0 Å². The highest BCUT2D eigenvalue weighted by atomic mass is 16.2. The molecule has 1 amide bonds. The molecule has 3 aromatic rings. The largest absolute Gasteiger partial charge is 0.347 e. The molecule has 166 valence electrons. The third-order valence-corrected chi connectivity index (χ3v) is 7.30. The van der Waals surface area contributed by atoms with E-state index < -0.39 is 0 Å². The Kier molecular flexibility index (Phi) is 4.50. The van der Waals surface area contributed by atoms with E-state index in [2.05, 4.69) is 46.3 Å². The van der Waals surface area contributed by atoms with Crippen LogP contribution in [0.4, 0.5) is 0 Å². The summed E-state index contributed by atoms with van der Waals surface area (Å²) in [6.45, 7) is 6.10. The van der Waals surface area contributed by atoms with Crippen molar-refractivity contribution in [1.82, 2.24) is 24.8 Å². The van der Waals surface area contributed by atoms with Crippen LogP contribution in [0.15, 0.2) is 29.2 Å². The van der Waals surface area contributed by atoms with Crippen LogP contribution in [0.1, 0.15) is 65.2 Å². The lowest BCUT2D eigenvalue weighted by atomic mass is 10.0. The highest BCUT2D eigenvalue weighted by Gasteiger charge is 2.37. The number of carbonyl (C=O) groups is 1. The average molecular weight is 432 g/mol. The van der Waals surface area contributed by atoms with Gasteiger partial charge in [0.25, 0.3) is 11.5 Å². The molecule has 3 fully saturated rings. The Labute approximate surface area is 186 Å². The number of fused-ring (bicyclic) bond motifs is 1. The van der Waals surface area contributed by atoms with E-state index in [1.54, 1.807) is 4.52 Å². The van der Waals surface area contributed by atoms with Crippen molar-refractivity contribution in [3.8, 4) is 11.3 Å². The molecule has 6 rings (SSSR count). The molecule has 2 saturated carbocycles. The molecule has 2 N–H and O–H groups in total. The zero-order valence-corrected chi connectivity index (χ0v) is 18.6. The van der Waals surface area contributed by atoms with Gasteiger partial charge >= 0.3 is 0 Å². The third-order valence-electron chi connectivity index (χ3n) is 7.30. The van der Waals surface area contributed by atoms with Crippen molar-refractivity contribution in [3.05, 3.63) is 57.1 Å². The van der Waals surface area contributed by atoms with E-state index in [0.717, 1.165) is 49.5 Å². The lowest BCUT2D eigenvalue weighted by Gasteiger charge is -2.15. The summed E-state index contributed by atoms with van der Waals surface area (Å²) in [7, 11) is 0. The highest BCUT2D eigenvalue weighted by molar-refractivity contribution is 5.96. The summed E-state index contributed by atoms with van der Waals surface area (Å²) >= 11 is 0. The zero-order valence-electron chi connectivity index (χ0n) is 18.6. The van der Waals surface area contributed by atoms with Crippen LogP contribution < -0.4 is 10.9 Å². The van der Waals surface area contributed by atoms with Gasteiger partial charge in [-0.15, -0.1) is 0 Å². The minimum atomic E-state index is -0.185. The molecule has 1 saturated heterocycles. The first-order valence-corrected chi connectivity index (χ1v) is 11.8. The van der Waals surface area contributed by atoms with Crippen LogP contribution in [-0.4, -0.2) is 50.6 Å². The Bertz CT molecular complexity index is 1280. The molecule has 2 aliphatic carbocycles. The van der Waals surface area contributed by atoms with Gasteiger partial charge in [-0.25, -0.2) is 4.52 Å². The van der Waals surface area contributed by atoms with Gasteiger partial charge in [0.2, 0.25) is 0 Å². The standard InChI is InChI=1S/C25H29N5O2/c1-14-3-4-17(11-15(14)2)20-13-30-23(25(32)27-20)21(16-5-6-16)22(28-30)24(31)26-18-9-10-29(12-18)19-7-8-19/h3-4,11,13,16,18-19H,5-10,12H2,1-2H3,(H,26,31)(H,27,32). The SMILES string of the molecule is Cc1ccc(-c2cn3nc(C(=O)NC4CCN(C5CC5)C4)c(C4CC4)c3c(=O)[nH]2)cc1C. The number of hydrogen-bond acceptors (Lipinski definition) is 4. The van der Waals surface area contributed by atoms with Crippen molar-refractivity contribution in [3.63, 3.8) is 0 Å². The Morgan fingerprint density at radius 2 is 1.94 bits per heavy atom. The molecule has 7 nitrogen and oxygen atoms in total. The van der Waals surface area contributed by atoms with Crippen molar-refractivity contribution >= 4 is 11.4 Å². The minimum absolute atomic E-state index is 0.148. The molecule has 3 aliphatic rings. The number of aromatic amines is 1. The van der Waals surface area contributed by atoms with Crippen LogP contribution in [0.25, 0.3) is 16.8 Å². The van der Waals surface area contributed by atoms with Crippen LogP contribution in [0, 0.1) is 13.8 Å². The molecule has 1 aliphatic heterocycles. The van der Waals surface area contributed by atoms with E-state index in [0.29, 0.717) is 16.9 Å². The molecule has 1 aromatic carbocycles. The number of rotatable bonds is 5. The van der Waals surface area contributed by atoms with Gasteiger partial charge in [-0.3, -0.25) is 14.5 Å². The molecule has 32 heavy (non-hydrogen) atoms. The molecular formula is C25H29N5O2. The third kappa shape index (κ3) is 3.45. The maximum atomic E-state index is 13.2. The molecule has 1 atom stereocenters. The van der Waals surface area contributed by atoms with Gasteiger partial charge in [0, 0.05) is 30.7 Å². The van der Waals surface area contributed by atoms with E-state index in [4.69, 9.17) is 0 Å². The number of benzene rings is 1. The lowest BCUT2D eigenvalue weighted by molar-refractivity contribution is 0.0931. The minimum Gasteiger partial charge on any atom is -0.347 e. The number of aryl methyl sites for hydroxylation is 2. The Morgan fingerprint density at radius 1 is 1.12 bits per heavy atom. The van der Waals surface area contributed by atoms with Gasteiger partial charge in [0.1, 0.15) is 5.52 Å². The summed E-state index contributed by atoms with van der Waals surface area (Å²) in [5.41, 5.74) is 5.57. The van der Waals surface area contributed by atoms with Crippen LogP contribution >= 0.6 is 0 Å². The molecule has 1 unspecified atom stereocenters. The first-order valence-electron chi connectivity index (χ1n) is 11.8. The molecule has 0 radical (unpaired) electrons. The monoisotopic (exact) mass is 431 g/mol. The predicted octanol–water partition coefficient (Wildman–Crippen LogP) is 3.15. The van der Waals surface area contributed by atoms with E-state index in [1.165, 1.54) is 24.0 Å². The van der Waals surface area contributed by atoms with E-state index in [-0.39, 0.29) is 23.4 Å². The summed E-state index contributed by atoms with van der Waals surface area (Å²) in [6.07, 6.45) is 7.38. The van der Waals surface area contributed by atoms with Gasteiger partial charge in [0.15, 0.2) is 5.69 Å². The first kappa shape index (κ1) is 19.7. The first-order chi connectivity index (χ1) is 15.5. The second-order valence-electron chi connectivity index (χ2n) is 9.81. The maximum absolute atomic E-state index is 13.2. The number of likely N-dealkylation sites (tertiary alicyclic amines) is 1. The molecule has 3 heterocycles. The van der Waals surface area contributed by atoms with Crippen molar-refractivity contribution in [2.45, 2.75) is 64.0 Å². The normalized spacial score (nSPS) is 21.4. The fourth-order valence-corrected chi connectivity index (χ4v) is 5.02. The van der Waals surface area contributed by atoms with Gasteiger partial charge in [0.05, 0.1) is 11.9 Å². The van der Waals surface area contributed by atoms with Gasteiger partial charge in [-0.2, -0.15) is 5.10 Å². The van der Waals surface area contributed by atoms with Gasteiger partial charge < -0.3 is 10.3 Å². The van der Waals surface area contributed by atoms with Crippen molar-refractivity contribution in [2.75, 3.05) is 13.1 Å². The van der Waals surface area contributed by atoms with Crippen LogP contribution in [-0.2, 0) is 0 Å². The average Bonchev–Trinajstić information content (AvgIpc) is 3.70. The van der Waals surface area contributed by atoms with Crippen LogP contribution in [0.2, 0.25) is 0 Å². The van der Waals surface area contributed by atoms with E-state index >= 15 is 0 Å². The number of nitrogens with one attached hydrogen (secondary N) is 2. The fraction of sp³-hybridized carbons (Fsp3) is 0.480. The van der Waals surface area contributed by atoms with Crippen LogP contribution in [0.5, 0.6) is 0 Å². The fourth-order valence-electron chi connectivity index (χ4n) is 5.02. The number of aromatic nitrogens is 3. The van der Waals surface area contributed by atoms with E-state index in [9.17, 15) is 9.59 Å². The second-order valence-corrected chi connectivity index (χ2v) is 9.81. The van der Waals surface area contributed by atoms with Crippen molar-refractivity contribution < 1.29 is 4.79 Å². The number of carbonyl (C=O) groups excluding carboxylic acids is 1. The zero-order chi connectivity index (χ0) is 22.0. The predicted molar refractivity (Wildman–Crippen MR) is 123 cm³/mol. The van der Waals surface area contributed by atoms with Gasteiger partial charge in [-0.1, -0.05) is 12.1 Å². The van der Waals surface area contributed by atoms with Crippen molar-refractivity contribution in [1.29, 1.82) is 0 Å². The summed E-state index contributed by atoms with van der Waals surface area (Å²) < 4.78 is 1.62. The Hall–Kier alpha value is -2.93. The van der Waals surface area contributed by atoms with E-state index in [1.807, 2.05) is 12.3 Å². The quantitative estimate of drug-likeness (QED) is 0.650. The summed E-state index contributed by atoms with van der Waals surface area (Å²) in [6, 6.07) is 7.00. The number of hydrogen-bond donors (Lipinski definition) is 2. The number of nitrogens with zero attached hydrogens (tertiary/aromatic N) is 3. The molecule has 7 heteroatoms. The summed E-state index contributed by atoms with van der Waals surface area (Å²) in [5, 5.41) is 7.84. The number of H-pyrrole nitrogens is 1. The molecule has 0 spiro atoms. The summed E-state index contributed by atoms with van der Waals surface area (Å²) in [4.78, 5) is 31.9. The molecule has 0 bridgehead atoms. The van der Waals surface area contributed by atoms with Gasteiger partial charge in [-0.05, 0) is 74.6 Å². The Morgan fingerprint density at radius 3 is 2.66 bits per heavy atom. The molecule has 2 aromatic heterocycles. The molecular weight excluding hydrogens is 402 g/mol. The lowest BCUT2D eigenvalue weighted by Crippen LogP contribution is -2.38. The summed E-state index contributed by atoms with van der Waals surface area (Å²) in [5.74, 6) is 0.0961. The highest BCUT2D eigenvalue weighted by Crippen LogP contribution is 2.43. The maximum Gasteiger partial charge on any atom is 0.274 e.